The molecule has 0 saturated carbocycles. The van der Waals surface area contributed by atoms with Gasteiger partial charge in [0.05, 0.1) is 5.54 Å². The molecule has 2 radical (unpaired) electrons. The maximum Gasteiger partial charge on any atom is 0.0598 e. The third-order valence-electron chi connectivity index (χ3n) is 1.02. The van der Waals surface area contributed by atoms with Crippen molar-refractivity contribution in [3.8, 4) is 0 Å². The fourth-order valence-corrected chi connectivity index (χ4v) is 0.738. The third kappa shape index (κ3) is 3.13. The molecule has 1 aromatic rings. The summed E-state index contributed by atoms with van der Waals surface area (Å²) in [5.41, 5.74) is 3.51. The van der Waals surface area contributed by atoms with Gasteiger partial charge in [0.2, 0.25) is 0 Å². The van der Waals surface area contributed by atoms with Crippen LogP contribution in [0.15, 0.2) is 30.3 Å². The predicted octanol–water partition coefficient (Wildman–Crippen LogP) is 2.32. The largest absolute Gasteiger partial charge is 0.0827 e. The fraction of sp³-hybridized carbons (Fsp3) is 0. The zero-order valence-electron chi connectivity index (χ0n) is 5.84. The molecule has 1 aromatic carbocycles. The summed E-state index contributed by atoms with van der Waals surface area (Å²) in [7, 11) is 0. The molecule has 46 valence electrons. The number of hydrogen-bond donors (Lipinski definition) is 0. The van der Waals surface area contributed by atoms with Crippen LogP contribution in [-0.2, 0) is 0 Å². The van der Waals surface area contributed by atoms with Crippen molar-refractivity contribution in [2.45, 2.75) is 0 Å². The van der Waals surface area contributed by atoms with Gasteiger partial charge in [0.25, 0.3) is 0 Å². The quantitative estimate of drug-likeness (QED) is 0.531. The average molecular weight is 145 g/mol. The minimum Gasteiger partial charge on any atom is -0.0827 e. The Hall–Kier alpha value is -0.153. The minimum atomic E-state index is 0. The van der Waals surface area contributed by atoms with E-state index >= 15 is 0 Å². The first kappa shape index (κ1) is 9.85. The molecule has 0 aliphatic rings. The van der Waals surface area contributed by atoms with Crippen molar-refractivity contribution in [3.63, 3.8) is 0 Å². The van der Waals surface area contributed by atoms with E-state index in [4.69, 9.17) is 11.6 Å². The second kappa shape index (κ2) is 5.62. The van der Waals surface area contributed by atoms with Gasteiger partial charge in [0, 0.05) is 18.9 Å². The van der Waals surface area contributed by atoms with E-state index in [-0.39, 0.29) is 18.9 Å². The number of halogens is 1. The smallest absolute Gasteiger partial charge is 0.0598 e. The van der Waals surface area contributed by atoms with Crippen LogP contribution in [0, 0.1) is 5.54 Å². The van der Waals surface area contributed by atoms with Gasteiger partial charge in [-0.25, -0.2) is 0 Å². The van der Waals surface area contributed by atoms with Crippen LogP contribution in [0.2, 0.25) is 0 Å². The normalized spacial score (nSPS) is 9.30. The van der Waals surface area contributed by atoms with Crippen LogP contribution in [0.5, 0.6) is 0 Å². The molecule has 2 heteroatoms. The Morgan fingerprint density at radius 3 is 2.30 bits per heavy atom. The molecule has 0 nitrogen and oxygen atoms in total. The third-order valence-corrected chi connectivity index (χ3v) is 1.13. The standard InChI is InChI=1S/C8H6Cl.Li/c9-7-6-8-4-2-1-3-5-8;/h1-6H;. The van der Waals surface area contributed by atoms with E-state index in [2.05, 4.69) is 5.54 Å². The molecular formula is C8H6ClLi. The molecule has 0 atom stereocenters. The average Bonchev–Trinajstić information content (AvgIpc) is 1.91. The molecule has 0 amide bonds. The van der Waals surface area contributed by atoms with E-state index in [1.165, 1.54) is 0 Å². The van der Waals surface area contributed by atoms with Crippen molar-refractivity contribution >= 4 is 36.5 Å². The van der Waals surface area contributed by atoms with Crippen molar-refractivity contribution in [2.75, 3.05) is 0 Å². The van der Waals surface area contributed by atoms with E-state index < -0.39 is 0 Å². The number of hydrogen-bond acceptors (Lipinski definition) is 0. The molecule has 0 bridgehead atoms. The first-order valence-electron chi connectivity index (χ1n) is 2.68. The Labute approximate surface area is 78.1 Å². The molecule has 0 spiro atoms. The van der Waals surface area contributed by atoms with Crippen LogP contribution >= 0.6 is 11.6 Å². The Morgan fingerprint density at radius 1 is 1.20 bits per heavy atom. The second-order valence-electron chi connectivity index (χ2n) is 1.66. The van der Waals surface area contributed by atoms with Gasteiger partial charge in [-0.15, -0.1) is 0 Å². The maximum absolute atomic E-state index is 5.23. The summed E-state index contributed by atoms with van der Waals surface area (Å²) in [4.78, 5) is 0. The van der Waals surface area contributed by atoms with Crippen LogP contribution < -0.4 is 0 Å². The van der Waals surface area contributed by atoms with E-state index in [0.29, 0.717) is 0 Å². The molecule has 0 aliphatic carbocycles. The molecule has 1 rings (SSSR count). The van der Waals surface area contributed by atoms with E-state index in [9.17, 15) is 0 Å². The second-order valence-corrected chi connectivity index (χ2v) is 1.88. The first-order chi connectivity index (χ1) is 4.43. The van der Waals surface area contributed by atoms with Gasteiger partial charge in [-0.2, -0.15) is 0 Å². The first-order valence-corrected chi connectivity index (χ1v) is 3.05. The SMILES string of the molecule is Cl[C]=Cc1ccccc1.[Li]. The Morgan fingerprint density at radius 2 is 1.80 bits per heavy atom. The fourth-order valence-electron chi connectivity index (χ4n) is 0.612. The van der Waals surface area contributed by atoms with Crippen molar-refractivity contribution in [1.29, 1.82) is 0 Å². The summed E-state index contributed by atoms with van der Waals surface area (Å²) in [6.07, 6.45) is 1.72. The van der Waals surface area contributed by atoms with Gasteiger partial charge in [-0.05, 0) is 11.6 Å². The Kier molecular flexibility index (Phi) is 5.53. The van der Waals surface area contributed by atoms with Crippen molar-refractivity contribution in [2.24, 2.45) is 0 Å². The molecule has 0 N–H and O–H groups in total. The zero-order chi connectivity index (χ0) is 6.53. The molecule has 0 aliphatic heterocycles. The molecule has 0 aromatic heterocycles. The minimum absolute atomic E-state index is 0. The van der Waals surface area contributed by atoms with Gasteiger partial charge < -0.3 is 0 Å². The summed E-state index contributed by atoms with van der Waals surface area (Å²) in [6, 6.07) is 9.82. The van der Waals surface area contributed by atoms with Crippen LogP contribution in [0.25, 0.3) is 6.08 Å². The molecular weight excluding hydrogens is 138 g/mol. The summed E-state index contributed by atoms with van der Waals surface area (Å²) in [6.45, 7) is 0. The Balaban J connectivity index is 0.000000810. The maximum atomic E-state index is 5.23. The van der Waals surface area contributed by atoms with Crippen LogP contribution in [0.4, 0.5) is 0 Å². The molecule has 0 unspecified atom stereocenters. The summed E-state index contributed by atoms with van der Waals surface area (Å²) >= 11 is 5.23. The summed E-state index contributed by atoms with van der Waals surface area (Å²) < 4.78 is 0. The van der Waals surface area contributed by atoms with Crippen LogP contribution in [0.3, 0.4) is 0 Å². The van der Waals surface area contributed by atoms with Crippen molar-refractivity contribution in [3.05, 3.63) is 41.4 Å². The van der Waals surface area contributed by atoms with Gasteiger partial charge >= 0.3 is 0 Å². The van der Waals surface area contributed by atoms with Gasteiger partial charge in [-0.1, -0.05) is 41.9 Å². The summed E-state index contributed by atoms with van der Waals surface area (Å²) in [5, 5.41) is 0. The molecule has 0 saturated heterocycles. The summed E-state index contributed by atoms with van der Waals surface area (Å²) in [5.74, 6) is 0. The van der Waals surface area contributed by atoms with Crippen LogP contribution in [-0.4, -0.2) is 18.9 Å². The van der Waals surface area contributed by atoms with E-state index in [1.807, 2.05) is 30.3 Å². The predicted molar refractivity (Wildman–Crippen MR) is 45.8 cm³/mol. The Bertz CT molecular complexity index is 194. The van der Waals surface area contributed by atoms with Crippen molar-refractivity contribution in [1.82, 2.24) is 0 Å². The van der Waals surface area contributed by atoms with E-state index in [1.54, 1.807) is 6.08 Å². The topological polar surface area (TPSA) is 0 Å². The van der Waals surface area contributed by atoms with Crippen molar-refractivity contribution < 1.29 is 0 Å². The molecule has 10 heavy (non-hydrogen) atoms. The van der Waals surface area contributed by atoms with Gasteiger partial charge in [0.1, 0.15) is 0 Å². The number of benzene rings is 1. The number of rotatable bonds is 1. The van der Waals surface area contributed by atoms with E-state index in [0.717, 1.165) is 5.56 Å². The van der Waals surface area contributed by atoms with Gasteiger partial charge in [-0.3, -0.25) is 0 Å². The zero-order valence-corrected chi connectivity index (χ0v) is 6.60. The molecule has 0 fully saturated rings. The van der Waals surface area contributed by atoms with Gasteiger partial charge in [0.15, 0.2) is 0 Å². The van der Waals surface area contributed by atoms with Crippen LogP contribution in [0.1, 0.15) is 5.56 Å². The monoisotopic (exact) mass is 144 g/mol. The molecule has 0 heterocycles.